The fourth-order valence-corrected chi connectivity index (χ4v) is 4.83. The van der Waals surface area contributed by atoms with E-state index >= 15 is 0 Å². The maximum atomic E-state index is 6.40. The summed E-state index contributed by atoms with van der Waals surface area (Å²) in [7, 11) is 0. The minimum atomic E-state index is 0.0807. The summed E-state index contributed by atoms with van der Waals surface area (Å²) in [4.78, 5) is 0. The second-order valence-corrected chi connectivity index (χ2v) is 7.02. The number of hydrogen-bond donors (Lipinski definition) is 0. The van der Waals surface area contributed by atoms with Crippen molar-refractivity contribution in [1.82, 2.24) is 0 Å². The number of epoxide rings is 1. The molecular weight excluding hydrogens is 212 g/mol. The minimum Gasteiger partial charge on any atom is -0.367 e. The number of allylic oxidation sites excluding steroid dienone is 1. The first kappa shape index (κ1) is 10.6. The van der Waals surface area contributed by atoms with Crippen LogP contribution in [0.5, 0.6) is 0 Å². The van der Waals surface area contributed by atoms with Crippen LogP contribution in [-0.4, -0.2) is 24.4 Å². The van der Waals surface area contributed by atoms with Crippen molar-refractivity contribution < 1.29 is 9.47 Å². The molecule has 3 fully saturated rings. The molecule has 2 nitrogen and oxygen atoms in total. The lowest BCUT2D eigenvalue weighted by atomic mass is 9.53. The van der Waals surface area contributed by atoms with E-state index in [1.807, 2.05) is 0 Å². The van der Waals surface area contributed by atoms with Gasteiger partial charge in [-0.25, -0.2) is 0 Å². The highest BCUT2D eigenvalue weighted by Crippen LogP contribution is 2.71. The molecular formula is C15H22O2. The van der Waals surface area contributed by atoms with E-state index in [-0.39, 0.29) is 11.0 Å². The molecule has 4 aliphatic rings. The Hall–Kier alpha value is -0.340. The fraction of sp³-hybridized carbons (Fsp3) is 0.867. The first-order valence-electron chi connectivity index (χ1n) is 6.99. The molecule has 0 amide bonds. The summed E-state index contributed by atoms with van der Waals surface area (Å²) < 4.78 is 12.3. The van der Waals surface area contributed by atoms with Crippen LogP contribution in [-0.2, 0) is 9.47 Å². The van der Waals surface area contributed by atoms with Gasteiger partial charge in [0, 0.05) is 10.8 Å². The Bertz CT molecular complexity index is 409. The summed E-state index contributed by atoms with van der Waals surface area (Å²) in [5.41, 5.74) is 2.18. The van der Waals surface area contributed by atoms with Gasteiger partial charge in [-0.15, -0.1) is 0 Å². The van der Waals surface area contributed by atoms with Gasteiger partial charge in [-0.3, -0.25) is 0 Å². The van der Waals surface area contributed by atoms with Gasteiger partial charge in [0.05, 0.1) is 18.8 Å². The summed E-state index contributed by atoms with van der Waals surface area (Å²) in [6, 6.07) is 0. The third kappa shape index (κ3) is 0.978. The second-order valence-electron chi connectivity index (χ2n) is 7.02. The molecule has 0 radical (unpaired) electrons. The number of rotatable bonds is 0. The monoisotopic (exact) mass is 234 g/mol. The highest BCUT2D eigenvalue weighted by molar-refractivity contribution is 5.29. The molecule has 0 N–H and O–H groups in total. The molecule has 2 heteroatoms. The topological polar surface area (TPSA) is 21.8 Å². The van der Waals surface area contributed by atoms with Gasteiger partial charge in [-0.05, 0) is 32.6 Å². The average molecular weight is 234 g/mol. The smallest absolute Gasteiger partial charge is 0.124 e. The average Bonchev–Trinajstić information content (AvgIpc) is 3.03. The summed E-state index contributed by atoms with van der Waals surface area (Å²) >= 11 is 0. The Morgan fingerprint density at radius 3 is 2.76 bits per heavy atom. The number of ether oxygens (including phenoxy) is 2. The van der Waals surface area contributed by atoms with Crippen LogP contribution < -0.4 is 0 Å². The Balaban J connectivity index is 1.85. The van der Waals surface area contributed by atoms with E-state index < -0.39 is 0 Å². The molecule has 17 heavy (non-hydrogen) atoms. The van der Waals surface area contributed by atoms with Gasteiger partial charge < -0.3 is 9.47 Å². The van der Waals surface area contributed by atoms with Crippen LogP contribution in [0.3, 0.4) is 0 Å². The van der Waals surface area contributed by atoms with Gasteiger partial charge in [0.15, 0.2) is 0 Å². The predicted molar refractivity (Wildman–Crippen MR) is 65.8 cm³/mol. The molecule has 1 spiro atoms. The van der Waals surface area contributed by atoms with Gasteiger partial charge in [0.25, 0.3) is 0 Å². The van der Waals surface area contributed by atoms with Crippen molar-refractivity contribution in [2.24, 2.45) is 10.8 Å². The Kier molecular flexibility index (Phi) is 1.74. The molecule has 0 aromatic rings. The zero-order valence-corrected chi connectivity index (χ0v) is 11.1. The van der Waals surface area contributed by atoms with Crippen molar-refractivity contribution in [2.45, 2.75) is 64.3 Å². The lowest BCUT2D eigenvalue weighted by molar-refractivity contribution is -0.190. The Morgan fingerprint density at radius 2 is 2.06 bits per heavy atom. The maximum Gasteiger partial charge on any atom is 0.124 e. The van der Waals surface area contributed by atoms with Crippen molar-refractivity contribution >= 4 is 0 Å². The van der Waals surface area contributed by atoms with Crippen LogP contribution in [0, 0.1) is 10.8 Å². The van der Waals surface area contributed by atoms with Crippen LogP contribution in [0.2, 0.25) is 0 Å². The van der Waals surface area contributed by atoms with E-state index in [2.05, 4.69) is 26.8 Å². The van der Waals surface area contributed by atoms with Crippen molar-refractivity contribution in [1.29, 1.82) is 0 Å². The molecule has 4 rings (SSSR count). The zero-order valence-electron chi connectivity index (χ0n) is 11.1. The molecule has 0 aromatic heterocycles. The standard InChI is InChI=1S/C15H22O2/c1-10-4-6-13(2)12(8-10)17-11-5-7-14(13,3)15(11)9-16-15/h8,11-12H,4-7,9H2,1-3H3/t11-,12?,13?,14-,15?/m1/s1. The predicted octanol–water partition coefficient (Wildman–Crippen LogP) is 3.07. The first-order valence-corrected chi connectivity index (χ1v) is 6.99. The van der Waals surface area contributed by atoms with Crippen LogP contribution in [0.4, 0.5) is 0 Å². The van der Waals surface area contributed by atoms with E-state index in [0.29, 0.717) is 17.6 Å². The largest absolute Gasteiger partial charge is 0.367 e. The molecule has 3 unspecified atom stereocenters. The lowest BCUT2D eigenvalue weighted by Gasteiger charge is -2.56. The molecule has 0 aromatic carbocycles. The number of hydrogen-bond acceptors (Lipinski definition) is 2. The van der Waals surface area contributed by atoms with Gasteiger partial charge in [-0.1, -0.05) is 25.5 Å². The van der Waals surface area contributed by atoms with Gasteiger partial charge in [-0.2, -0.15) is 0 Å². The highest BCUT2D eigenvalue weighted by Gasteiger charge is 2.77. The number of fused-ring (bicyclic) bond motifs is 2. The van der Waals surface area contributed by atoms with Crippen LogP contribution >= 0.6 is 0 Å². The third-order valence-electron chi connectivity index (χ3n) is 6.49. The normalized spacial score (nSPS) is 60.1. The van der Waals surface area contributed by atoms with E-state index in [4.69, 9.17) is 9.47 Å². The van der Waals surface area contributed by atoms with Crippen molar-refractivity contribution in [3.63, 3.8) is 0 Å². The molecule has 5 atom stereocenters. The molecule has 2 saturated heterocycles. The van der Waals surface area contributed by atoms with Gasteiger partial charge in [0.1, 0.15) is 5.60 Å². The van der Waals surface area contributed by atoms with E-state index in [1.54, 1.807) is 0 Å². The van der Waals surface area contributed by atoms with Crippen LogP contribution in [0.25, 0.3) is 0 Å². The van der Waals surface area contributed by atoms with E-state index in [1.165, 1.54) is 31.3 Å². The maximum absolute atomic E-state index is 6.40. The molecule has 2 bridgehead atoms. The quantitative estimate of drug-likeness (QED) is 0.474. The van der Waals surface area contributed by atoms with Crippen molar-refractivity contribution in [2.75, 3.05) is 6.61 Å². The molecule has 94 valence electrons. The third-order valence-corrected chi connectivity index (χ3v) is 6.49. The van der Waals surface area contributed by atoms with Crippen LogP contribution in [0.1, 0.15) is 46.5 Å². The van der Waals surface area contributed by atoms with E-state index in [0.717, 1.165) is 6.61 Å². The molecule has 2 heterocycles. The molecule has 1 saturated carbocycles. The lowest BCUT2D eigenvalue weighted by Crippen LogP contribution is -2.61. The molecule has 2 aliphatic carbocycles. The summed E-state index contributed by atoms with van der Waals surface area (Å²) in [6.45, 7) is 8.07. The second kappa shape index (κ2) is 2.80. The highest BCUT2D eigenvalue weighted by atomic mass is 16.6. The van der Waals surface area contributed by atoms with Crippen molar-refractivity contribution in [3.8, 4) is 0 Å². The van der Waals surface area contributed by atoms with Gasteiger partial charge >= 0.3 is 0 Å². The van der Waals surface area contributed by atoms with Crippen molar-refractivity contribution in [3.05, 3.63) is 11.6 Å². The Morgan fingerprint density at radius 1 is 1.29 bits per heavy atom. The minimum absolute atomic E-state index is 0.0807. The Labute approximate surface area is 103 Å². The van der Waals surface area contributed by atoms with Gasteiger partial charge in [0.2, 0.25) is 0 Å². The summed E-state index contributed by atoms with van der Waals surface area (Å²) in [5.74, 6) is 0. The summed E-state index contributed by atoms with van der Waals surface area (Å²) in [6.07, 6.45) is 8.01. The first-order chi connectivity index (χ1) is 8.02. The zero-order chi connectivity index (χ0) is 11.9. The molecule has 2 aliphatic heterocycles. The SMILES string of the molecule is CC1=CC2O[C@@H]3CC[C@](C)(C2(C)CC1)C31CO1. The summed E-state index contributed by atoms with van der Waals surface area (Å²) in [5, 5.41) is 0. The fourth-order valence-electron chi connectivity index (χ4n) is 4.83. The van der Waals surface area contributed by atoms with Crippen LogP contribution in [0.15, 0.2) is 11.6 Å². The van der Waals surface area contributed by atoms with E-state index in [9.17, 15) is 0 Å².